The molecule has 0 saturated carbocycles. The van der Waals surface area contributed by atoms with E-state index < -0.39 is 0 Å². The summed E-state index contributed by atoms with van der Waals surface area (Å²) >= 11 is 1.52. The summed E-state index contributed by atoms with van der Waals surface area (Å²) < 4.78 is 0. The van der Waals surface area contributed by atoms with Crippen LogP contribution in [-0.4, -0.2) is 20.9 Å². The second-order valence-corrected chi connectivity index (χ2v) is 6.66. The normalized spacial score (nSPS) is 11.5. The molecule has 3 N–H and O–H groups in total. The Kier molecular flexibility index (Phi) is 5.86. The van der Waals surface area contributed by atoms with Crippen LogP contribution in [-0.2, 0) is 12.8 Å². The van der Waals surface area contributed by atoms with Crippen molar-refractivity contribution in [3.63, 3.8) is 0 Å². The Labute approximate surface area is 156 Å². The summed E-state index contributed by atoms with van der Waals surface area (Å²) in [6.45, 7) is 2.05. The molecule has 0 aliphatic carbocycles. The maximum absolute atomic E-state index is 10.4. The number of hydrazone groups is 1. The molecule has 26 heavy (non-hydrogen) atoms. The average molecular weight is 367 g/mol. The molecule has 0 aliphatic rings. The van der Waals surface area contributed by atoms with Crippen molar-refractivity contribution in [3.8, 4) is 11.5 Å². The van der Waals surface area contributed by atoms with E-state index in [2.05, 4.69) is 15.5 Å². The smallest absolute Gasteiger partial charge is 0.128 e. The zero-order valence-electron chi connectivity index (χ0n) is 14.5. The van der Waals surface area contributed by atoms with E-state index in [0.717, 1.165) is 29.8 Å². The number of thiazole rings is 1. The van der Waals surface area contributed by atoms with E-state index >= 15 is 0 Å². The van der Waals surface area contributed by atoms with Crippen LogP contribution in [0.2, 0.25) is 0 Å². The van der Waals surface area contributed by atoms with Gasteiger partial charge in [-0.3, -0.25) is 5.43 Å². The van der Waals surface area contributed by atoms with E-state index in [9.17, 15) is 10.2 Å². The Morgan fingerprint density at radius 3 is 2.65 bits per heavy atom. The van der Waals surface area contributed by atoms with E-state index in [1.165, 1.54) is 17.4 Å². The standard InChI is InChI=1S/C20H21N3O2S/c1-2-6-14-9-17(20(25)11-19(14)24)18(10-16-12-26-13-21-16)23-22-15-7-4-3-5-8-15/h3-5,7-9,11-13,22,24-25H,2,6,10H2,1H3/b23-18+. The summed E-state index contributed by atoms with van der Waals surface area (Å²) in [4.78, 5) is 4.32. The van der Waals surface area contributed by atoms with E-state index in [-0.39, 0.29) is 11.5 Å². The zero-order chi connectivity index (χ0) is 18.4. The first-order valence-corrected chi connectivity index (χ1v) is 9.41. The minimum atomic E-state index is 0.00574. The predicted molar refractivity (Wildman–Crippen MR) is 106 cm³/mol. The Morgan fingerprint density at radius 1 is 1.15 bits per heavy atom. The van der Waals surface area contributed by atoms with Gasteiger partial charge in [0.05, 0.1) is 22.6 Å². The molecule has 0 bridgehead atoms. The zero-order valence-corrected chi connectivity index (χ0v) is 15.3. The lowest BCUT2D eigenvalue weighted by Gasteiger charge is -2.12. The van der Waals surface area contributed by atoms with Gasteiger partial charge in [-0.2, -0.15) is 5.10 Å². The molecule has 134 valence electrons. The van der Waals surface area contributed by atoms with Crippen LogP contribution in [0.4, 0.5) is 5.69 Å². The van der Waals surface area contributed by atoms with Gasteiger partial charge < -0.3 is 10.2 Å². The molecule has 3 rings (SSSR count). The molecule has 5 nitrogen and oxygen atoms in total. The third-order valence-corrected chi connectivity index (χ3v) is 4.59. The summed E-state index contributed by atoms with van der Waals surface area (Å²) in [6, 6.07) is 12.8. The predicted octanol–water partition coefficient (Wildman–Crippen LogP) is 4.57. The van der Waals surface area contributed by atoms with Crippen LogP contribution in [0, 0.1) is 0 Å². The van der Waals surface area contributed by atoms with Gasteiger partial charge in [0.15, 0.2) is 0 Å². The summed E-state index contributed by atoms with van der Waals surface area (Å²) in [5.74, 6) is 0.114. The number of phenols is 2. The van der Waals surface area contributed by atoms with Gasteiger partial charge in [0.1, 0.15) is 11.5 Å². The number of hydrogen-bond donors (Lipinski definition) is 3. The molecule has 0 amide bonds. The van der Waals surface area contributed by atoms with Crippen LogP contribution in [0.5, 0.6) is 11.5 Å². The molecule has 0 spiro atoms. The van der Waals surface area contributed by atoms with Gasteiger partial charge in [0.25, 0.3) is 0 Å². The Balaban J connectivity index is 1.98. The third-order valence-electron chi connectivity index (χ3n) is 3.95. The highest BCUT2D eigenvalue weighted by Crippen LogP contribution is 2.29. The van der Waals surface area contributed by atoms with Crippen molar-refractivity contribution in [2.45, 2.75) is 26.2 Å². The molecule has 0 saturated heterocycles. The van der Waals surface area contributed by atoms with Gasteiger partial charge in [0, 0.05) is 23.4 Å². The largest absolute Gasteiger partial charge is 0.508 e. The fourth-order valence-corrected chi connectivity index (χ4v) is 3.22. The molecule has 1 aromatic heterocycles. The van der Waals surface area contributed by atoms with Gasteiger partial charge in [-0.05, 0) is 30.2 Å². The molecular formula is C20H21N3O2S. The number of rotatable bonds is 7. The lowest BCUT2D eigenvalue weighted by atomic mass is 9.99. The fourth-order valence-electron chi connectivity index (χ4n) is 2.66. The van der Waals surface area contributed by atoms with E-state index in [1.54, 1.807) is 5.51 Å². The molecule has 3 aromatic rings. The first-order chi connectivity index (χ1) is 12.7. The Hall–Kier alpha value is -2.86. The topological polar surface area (TPSA) is 77.7 Å². The van der Waals surface area contributed by atoms with Gasteiger partial charge >= 0.3 is 0 Å². The minimum absolute atomic E-state index is 0.00574. The second kappa shape index (κ2) is 8.49. The molecule has 0 atom stereocenters. The number of nitrogens with zero attached hydrogens (tertiary/aromatic N) is 2. The summed E-state index contributed by atoms with van der Waals surface area (Å²) in [6.07, 6.45) is 2.11. The summed E-state index contributed by atoms with van der Waals surface area (Å²) in [5, 5.41) is 26.9. The lowest BCUT2D eigenvalue weighted by Crippen LogP contribution is -2.10. The number of hydrogen-bond acceptors (Lipinski definition) is 6. The van der Waals surface area contributed by atoms with Gasteiger partial charge in [-0.15, -0.1) is 11.3 Å². The molecule has 6 heteroatoms. The van der Waals surface area contributed by atoms with Crippen molar-refractivity contribution >= 4 is 22.7 Å². The van der Waals surface area contributed by atoms with Crippen molar-refractivity contribution in [3.05, 3.63) is 70.2 Å². The third kappa shape index (κ3) is 4.40. The lowest BCUT2D eigenvalue weighted by molar-refractivity contribution is 0.445. The summed E-state index contributed by atoms with van der Waals surface area (Å²) in [7, 11) is 0. The van der Waals surface area contributed by atoms with Crippen molar-refractivity contribution in [1.82, 2.24) is 4.98 Å². The van der Waals surface area contributed by atoms with E-state index in [1.807, 2.05) is 48.7 Å². The Bertz CT molecular complexity index is 878. The molecule has 0 fully saturated rings. The number of phenolic OH excluding ortho intramolecular Hbond substituents is 2. The number of aromatic nitrogens is 1. The van der Waals surface area contributed by atoms with Crippen LogP contribution in [0.25, 0.3) is 0 Å². The Morgan fingerprint density at radius 2 is 1.96 bits per heavy atom. The minimum Gasteiger partial charge on any atom is -0.508 e. The molecule has 0 unspecified atom stereocenters. The molecular weight excluding hydrogens is 346 g/mol. The highest BCUT2D eigenvalue weighted by molar-refractivity contribution is 7.07. The quantitative estimate of drug-likeness (QED) is 0.422. The maximum Gasteiger partial charge on any atom is 0.128 e. The molecule has 0 aliphatic heterocycles. The fraction of sp³-hybridized carbons (Fsp3) is 0.200. The SMILES string of the molecule is CCCc1cc(/C(Cc2cscn2)=N/Nc2ccccc2)c(O)cc1O. The summed E-state index contributed by atoms with van der Waals surface area (Å²) in [5.41, 5.74) is 8.61. The molecule has 1 heterocycles. The number of aromatic hydroxyl groups is 2. The van der Waals surface area contributed by atoms with Crippen molar-refractivity contribution in [2.24, 2.45) is 5.10 Å². The number of benzene rings is 2. The van der Waals surface area contributed by atoms with E-state index in [4.69, 9.17) is 0 Å². The van der Waals surface area contributed by atoms with Crippen LogP contribution in [0.3, 0.4) is 0 Å². The number of nitrogens with one attached hydrogen (secondary N) is 1. The number of aryl methyl sites for hydroxylation is 1. The van der Waals surface area contributed by atoms with Crippen molar-refractivity contribution in [1.29, 1.82) is 0 Å². The van der Waals surface area contributed by atoms with Crippen LogP contribution < -0.4 is 5.43 Å². The average Bonchev–Trinajstić information content (AvgIpc) is 3.15. The van der Waals surface area contributed by atoms with Crippen LogP contribution >= 0.6 is 11.3 Å². The molecule has 0 radical (unpaired) electrons. The second-order valence-electron chi connectivity index (χ2n) is 5.94. The monoisotopic (exact) mass is 367 g/mol. The van der Waals surface area contributed by atoms with Crippen molar-refractivity contribution < 1.29 is 10.2 Å². The van der Waals surface area contributed by atoms with Crippen LogP contribution in [0.1, 0.15) is 30.2 Å². The van der Waals surface area contributed by atoms with Crippen LogP contribution in [0.15, 0.2) is 58.5 Å². The van der Waals surface area contributed by atoms with Gasteiger partial charge in [0.2, 0.25) is 0 Å². The van der Waals surface area contributed by atoms with Gasteiger partial charge in [-0.25, -0.2) is 4.98 Å². The first-order valence-electron chi connectivity index (χ1n) is 8.47. The van der Waals surface area contributed by atoms with Gasteiger partial charge in [-0.1, -0.05) is 31.5 Å². The number of anilines is 1. The highest BCUT2D eigenvalue weighted by atomic mass is 32.1. The van der Waals surface area contributed by atoms with E-state index in [0.29, 0.717) is 17.7 Å². The highest BCUT2D eigenvalue weighted by Gasteiger charge is 2.15. The first kappa shape index (κ1) is 17.9. The molecule has 2 aromatic carbocycles. The maximum atomic E-state index is 10.4. The number of para-hydroxylation sites is 1. The van der Waals surface area contributed by atoms with Crippen molar-refractivity contribution in [2.75, 3.05) is 5.43 Å².